The largest absolute Gasteiger partial charge is 0.353 e. The summed E-state index contributed by atoms with van der Waals surface area (Å²) in [6.45, 7) is 9.72. The van der Waals surface area contributed by atoms with Crippen molar-refractivity contribution in [2.24, 2.45) is 5.41 Å². The van der Waals surface area contributed by atoms with Crippen molar-refractivity contribution in [3.63, 3.8) is 0 Å². The van der Waals surface area contributed by atoms with Gasteiger partial charge in [-0.1, -0.05) is 68.8 Å². The van der Waals surface area contributed by atoms with Crippen molar-refractivity contribution in [2.45, 2.75) is 65.3 Å². The molecule has 198 valence electrons. The van der Waals surface area contributed by atoms with E-state index in [1.54, 1.807) is 29.0 Å². The van der Waals surface area contributed by atoms with E-state index in [0.29, 0.717) is 44.5 Å². The average molecular weight is 506 g/mol. The number of benzene rings is 2. The van der Waals surface area contributed by atoms with Crippen molar-refractivity contribution in [3.05, 3.63) is 71.3 Å². The van der Waals surface area contributed by atoms with Crippen molar-refractivity contribution in [1.29, 1.82) is 0 Å². The quantitative estimate of drug-likeness (QED) is 0.609. The predicted molar refractivity (Wildman–Crippen MR) is 143 cm³/mol. The van der Waals surface area contributed by atoms with Gasteiger partial charge in [-0.05, 0) is 30.0 Å². The lowest BCUT2D eigenvalue weighted by Crippen LogP contribution is -2.60. The number of hydrogen-bond donors (Lipinski definition) is 0. The van der Waals surface area contributed by atoms with Gasteiger partial charge in [0.15, 0.2) is 0 Å². The van der Waals surface area contributed by atoms with E-state index in [4.69, 9.17) is 4.74 Å². The van der Waals surface area contributed by atoms with E-state index < -0.39 is 11.8 Å². The number of likely N-dealkylation sites (N-methyl/N-ethyl adjacent to an activating group) is 1. The number of nitrogens with zero attached hydrogens (tertiary/aromatic N) is 3. The van der Waals surface area contributed by atoms with Crippen LogP contribution in [0.4, 0.5) is 0 Å². The monoisotopic (exact) mass is 505 g/mol. The number of piperidine rings is 1. The van der Waals surface area contributed by atoms with Crippen molar-refractivity contribution in [3.8, 4) is 0 Å². The van der Waals surface area contributed by atoms with Gasteiger partial charge in [-0.15, -0.1) is 0 Å². The van der Waals surface area contributed by atoms with Crippen LogP contribution in [0.1, 0.15) is 61.5 Å². The summed E-state index contributed by atoms with van der Waals surface area (Å²) in [5.74, 6) is -0.238. The van der Waals surface area contributed by atoms with Gasteiger partial charge in [0.25, 0.3) is 5.91 Å². The first-order valence-electron chi connectivity index (χ1n) is 13.1. The number of aryl methyl sites for hydroxylation is 1. The Morgan fingerprint density at radius 3 is 2.22 bits per heavy atom. The predicted octanol–water partition coefficient (Wildman–Crippen LogP) is 4.25. The summed E-state index contributed by atoms with van der Waals surface area (Å²) in [4.78, 5) is 45.7. The normalized spacial score (nSPS) is 19.2. The first kappa shape index (κ1) is 26.9. The van der Waals surface area contributed by atoms with Crippen LogP contribution in [-0.2, 0) is 20.9 Å². The summed E-state index contributed by atoms with van der Waals surface area (Å²) in [6, 6.07) is 16.5. The zero-order chi connectivity index (χ0) is 26.8. The van der Waals surface area contributed by atoms with E-state index in [1.807, 2.05) is 54.3 Å². The first-order valence-corrected chi connectivity index (χ1v) is 13.1. The second-order valence-electron chi connectivity index (χ2n) is 11.6. The maximum Gasteiger partial charge on any atom is 0.256 e. The molecule has 4 rings (SSSR count). The molecule has 2 aliphatic rings. The molecule has 37 heavy (non-hydrogen) atoms. The molecular formula is C30H39N3O4. The maximum absolute atomic E-state index is 13.9. The summed E-state index contributed by atoms with van der Waals surface area (Å²) in [5, 5.41) is 0. The van der Waals surface area contributed by atoms with Crippen LogP contribution < -0.4 is 0 Å². The molecule has 2 fully saturated rings. The summed E-state index contributed by atoms with van der Waals surface area (Å²) >= 11 is 0. The Kier molecular flexibility index (Phi) is 7.74. The Morgan fingerprint density at radius 1 is 1.00 bits per heavy atom. The van der Waals surface area contributed by atoms with Crippen molar-refractivity contribution >= 4 is 17.7 Å². The van der Waals surface area contributed by atoms with Crippen LogP contribution in [-0.4, -0.2) is 70.9 Å². The minimum absolute atomic E-state index is 0.0929. The summed E-state index contributed by atoms with van der Waals surface area (Å²) in [6.07, 6.45) is 1.43. The molecule has 0 aromatic heterocycles. The molecule has 0 unspecified atom stereocenters. The molecule has 1 spiro atoms. The SMILES string of the molecule is Cc1ccc(C(=O)N2[C@@H](C(=O)N(C)Cc3ccccc3)COC23CCN(C(=O)CC(C)(C)C)CC3)cc1. The molecule has 0 N–H and O–H groups in total. The third-order valence-corrected chi connectivity index (χ3v) is 7.28. The highest BCUT2D eigenvalue weighted by Gasteiger charge is 2.54. The molecule has 3 amide bonds. The number of carbonyl (C=O) groups is 3. The molecule has 2 saturated heterocycles. The van der Waals surface area contributed by atoms with Crippen LogP contribution in [0.2, 0.25) is 0 Å². The first-order chi connectivity index (χ1) is 17.5. The van der Waals surface area contributed by atoms with E-state index >= 15 is 0 Å². The topological polar surface area (TPSA) is 70.2 Å². The Morgan fingerprint density at radius 2 is 1.62 bits per heavy atom. The lowest BCUT2D eigenvalue weighted by atomic mass is 9.90. The highest BCUT2D eigenvalue weighted by molar-refractivity contribution is 5.98. The van der Waals surface area contributed by atoms with Gasteiger partial charge in [0, 0.05) is 51.5 Å². The molecule has 2 heterocycles. The molecule has 0 radical (unpaired) electrons. The van der Waals surface area contributed by atoms with Crippen LogP contribution in [0.25, 0.3) is 0 Å². The maximum atomic E-state index is 13.9. The van der Waals surface area contributed by atoms with E-state index in [2.05, 4.69) is 20.8 Å². The zero-order valence-electron chi connectivity index (χ0n) is 22.7. The standard InChI is InChI=1S/C30H39N3O4/c1-22-11-13-24(14-12-22)27(35)33-25(28(36)31(5)20-23-9-7-6-8-10-23)21-37-30(33)15-17-32(18-16-30)26(34)19-29(2,3)4/h6-14,25H,15-21H2,1-5H3/t25-/m1/s1. The zero-order valence-corrected chi connectivity index (χ0v) is 22.7. The number of likely N-dealkylation sites (tertiary alicyclic amines) is 1. The van der Waals surface area contributed by atoms with Crippen molar-refractivity contribution in [2.75, 3.05) is 26.7 Å². The summed E-state index contributed by atoms with van der Waals surface area (Å²) in [7, 11) is 1.77. The summed E-state index contributed by atoms with van der Waals surface area (Å²) in [5.41, 5.74) is 1.61. The number of rotatable bonds is 5. The van der Waals surface area contributed by atoms with E-state index in [-0.39, 0.29) is 29.7 Å². The van der Waals surface area contributed by atoms with E-state index in [1.165, 1.54) is 0 Å². The van der Waals surface area contributed by atoms with Crippen molar-refractivity contribution < 1.29 is 19.1 Å². The van der Waals surface area contributed by atoms with Gasteiger partial charge in [-0.3, -0.25) is 19.3 Å². The molecule has 0 bridgehead atoms. The third kappa shape index (κ3) is 6.04. The number of amides is 3. The Balaban J connectivity index is 1.57. The lowest BCUT2D eigenvalue weighted by molar-refractivity contribution is -0.146. The van der Waals surface area contributed by atoms with Gasteiger partial charge in [0.1, 0.15) is 11.8 Å². The minimum Gasteiger partial charge on any atom is -0.353 e. The van der Waals surface area contributed by atoms with Gasteiger partial charge in [-0.25, -0.2) is 0 Å². The van der Waals surface area contributed by atoms with Crippen LogP contribution in [0.15, 0.2) is 54.6 Å². The van der Waals surface area contributed by atoms with Crippen LogP contribution in [0.5, 0.6) is 0 Å². The Labute approximate surface area is 220 Å². The number of carbonyl (C=O) groups excluding carboxylic acids is 3. The smallest absolute Gasteiger partial charge is 0.256 e. The van der Waals surface area contributed by atoms with Crippen molar-refractivity contribution in [1.82, 2.24) is 14.7 Å². The number of ether oxygens (including phenoxy) is 1. The van der Waals surface area contributed by atoms with Gasteiger partial charge < -0.3 is 14.5 Å². The average Bonchev–Trinajstić information content (AvgIpc) is 3.21. The van der Waals surface area contributed by atoms with Crippen LogP contribution >= 0.6 is 0 Å². The second-order valence-corrected chi connectivity index (χ2v) is 11.6. The fourth-order valence-corrected chi connectivity index (χ4v) is 5.25. The summed E-state index contributed by atoms with van der Waals surface area (Å²) < 4.78 is 6.34. The second kappa shape index (κ2) is 10.7. The fourth-order valence-electron chi connectivity index (χ4n) is 5.25. The van der Waals surface area contributed by atoms with Crippen LogP contribution in [0.3, 0.4) is 0 Å². The van der Waals surface area contributed by atoms with Gasteiger partial charge in [-0.2, -0.15) is 0 Å². The fraction of sp³-hybridized carbons (Fsp3) is 0.500. The molecule has 7 heteroatoms. The molecule has 0 saturated carbocycles. The highest BCUT2D eigenvalue weighted by Crippen LogP contribution is 2.39. The van der Waals surface area contributed by atoms with E-state index in [0.717, 1.165) is 11.1 Å². The highest BCUT2D eigenvalue weighted by atomic mass is 16.5. The molecule has 2 aromatic rings. The Bertz CT molecular complexity index is 1120. The third-order valence-electron chi connectivity index (χ3n) is 7.28. The molecular weight excluding hydrogens is 466 g/mol. The van der Waals surface area contributed by atoms with Gasteiger partial charge >= 0.3 is 0 Å². The minimum atomic E-state index is -0.908. The molecule has 0 aliphatic carbocycles. The molecule has 1 atom stereocenters. The van der Waals surface area contributed by atoms with Gasteiger partial charge in [0.2, 0.25) is 11.8 Å². The van der Waals surface area contributed by atoms with Gasteiger partial charge in [0.05, 0.1) is 6.61 Å². The number of hydrogen-bond acceptors (Lipinski definition) is 4. The van der Waals surface area contributed by atoms with Crippen LogP contribution in [0, 0.1) is 12.3 Å². The lowest BCUT2D eigenvalue weighted by Gasteiger charge is -2.45. The molecule has 2 aliphatic heterocycles. The molecule has 7 nitrogen and oxygen atoms in total. The Hall–Kier alpha value is -3.19. The van der Waals surface area contributed by atoms with E-state index in [9.17, 15) is 14.4 Å². The molecule has 2 aromatic carbocycles.